The first-order chi connectivity index (χ1) is 12.0. The molecule has 0 radical (unpaired) electrons. The average Bonchev–Trinajstić information content (AvgIpc) is 2.60. The minimum atomic E-state index is -0.521. The van der Waals surface area contributed by atoms with E-state index in [4.69, 9.17) is 0 Å². The number of carbonyl (C=O) groups is 1. The third-order valence-corrected chi connectivity index (χ3v) is 5.05. The summed E-state index contributed by atoms with van der Waals surface area (Å²) < 4.78 is 0. The molecule has 1 aliphatic carbocycles. The summed E-state index contributed by atoms with van der Waals surface area (Å²) in [6.07, 6.45) is 6.10. The number of hydrogen-bond acceptors (Lipinski definition) is 3. The van der Waals surface area contributed by atoms with Gasteiger partial charge in [-0.15, -0.1) is 0 Å². The molecule has 5 heteroatoms. The number of amides is 2. The molecule has 0 heterocycles. The van der Waals surface area contributed by atoms with Crippen LogP contribution in [0.2, 0.25) is 0 Å². The van der Waals surface area contributed by atoms with Gasteiger partial charge >= 0.3 is 6.03 Å². The van der Waals surface area contributed by atoms with Crippen LogP contribution in [0, 0.1) is 0 Å². The lowest BCUT2D eigenvalue weighted by molar-refractivity contribution is 0.143. The second-order valence-electron chi connectivity index (χ2n) is 7.36. The summed E-state index contributed by atoms with van der Waals surface area (Å²) in [5.74, 6) is 0. The van der Waals surface area contributed by atoms with Crippen molar-refractivity contribution in [2.75, 3.05) is 20.6 Å². The number of aliphatic hydroxyl groups excluding tert-OH is 1. The molecule has 0 aromatic heterocycles. The number of nitrogens with one attached hydrogen (secondary N) is 1. The number of rotatable bonds is 7. The first kappa shape index (κ1) is 19.7. The van der Waals surface area contributed by atoms with Gasteiger partial charge in [-0.3, -0.25) is 4.90 Å². The Bertz CT molecular complexity index is 541. The quantitative estimate of drug-likeness (QED) is 0.797. The molecule has 2 N–H and O–H groups in total. The fraction of sp³-hybridized carbons (Fsp3) is 0.650. The Morgan fingerprint density at radius 1 is 1.20 bits per heavy atom. The zero-order valence-electron chi connectivity index (χ0n) is 15.9. The molecule has 0 aliphatic heterocycles. The van der Waals surface area contributed by atoms with E-state index in [0.717, 1.165) is 12.1 Å². The lowest BCUT2D eigenvalue weighted by Gasteiger charge is -2.31. The standard InChI is InChI=1S/C20H33N3O2/c1-16(24)14-23(3)20(25)21-13-17-9-7-8-10-18(17)15-22(2)19-11-5-4-6-12-19/h7-10,16,19,24H,4-6,11-15H2,1-3H3,(H,21,25). The monoisotopic (exact) mass is 347 g/mol. The third-order valence-electron chi connectivity index (χ3n) is 5.05. The van der Waals surface area contributed by atoms with Gasteiger partial charge < -0.3 is 15.3 Å². The Balaban J connectivity index is 1.92. The van der Waals surface area contributed by atoms with Gasteiger partial charge in [-0.1, -0.05) is 43.5 Å². The summed E-state index contributed by atoms with van der Waals surface area (Å²) in [4.78, 5) is 16.1. The lowest BCUT2D eigenvalue weighted by Crippen LogP contribution is -2.40. The first-order valence-electron chi connectivity index (χ1n) is 9.41. The Morgan fingerprint density at radius 3 is 2.48 bits per heavy atom. The van der Waals surface area contributed by atoms with E-state index in [0.29, 0.717) is 19.1 Å². The second kappa shape index (κ2) is 9.78. The summed E-state index contributed by atoms with van der Waals surface area (Å²) in [5.41, 5.74) is 2.43. The fourth-order valence-corrected chi connectivity index (χ4v) is 3.59. The maximum absolute atomic E-state index is 12.1. The Kier molecular flexibility index (Phi) is 7.72. The van der Waals surface area contributed by atoms with Crippen molar-refractivity contribution >= 4 is 6.03 Å². The van der Waals surface area contributed by atoms with E-state index in [2.05, 4.69) is 35.5 Å². The highest BCUT2D eigenvalue weighted by atomic mass is 16.3. The van der Waals surface area contributed by atoms with Gasteiger partial charge in [0.25, 0.3) is 0 Å². The molecule has 1 saturated carbocycles. The van der Waals surface area contributed by atoms with Crippen molar-refractivity contribution in [3.8, 4) is 0 Å². The van der Waals surface area contributed by atoms with Crippen LogP contribution < -0.4 is 5.32 Å². The highest BCUT2D eigenvalue weighted by molar-refractivity contribution is 5.73. The molecule has 1 unspecified atom stereocenters. The zero-order valence-corrected chi connectivity index (χ0v) is 15.9. The Labute approximate surface area is 152 Å². The molecule has 2 rings (SSSR count). The van der Waals surface area contributed by atoms with Crippen LogP contribution in [-0.2, 0) is 13.1 Å². The van der Waals surface area contributed by atoms with Crippen molar-refractivity contribution in [2.45, 2.75) is 64.3 Å². The van der Waals surface area contributed by atoms with Crippen LogP contribution in [0.1, 0.15) is 50.2 Å². The van der Waals surface area contributed by atoms with Gasteiger partial charge in [-0.25, -0.2) is 4.79 Å². The molecule has 1 atom stereocenters. The Hall–Kier alpha value is -1.59. The average molecular weight is 348 g/mol. The second-order valence-corrected chi connectivity index (χ2v) is 7.36. The minimum absolute atomic E-state index is 0.156. The molecule has 0 bridgehead atoms. The summed E-state index contributed by atoms with van der Waals surface area (Å²) in [7, 11) is 3.91. The van der Waals surface area contributed by atoms with Crippen LogP contribution in [0.25, 0.3) is 0 Å². The first-order valence-corrected chi connectivity index (χ1v) is 9.41. The smallest absolute Gasteiger partial charge is 0.317 e. The summed E-state index contributed by atoms with van der Waals surface area (Å²) in [6, 6.07) is 8.84. The summed E-state index contributed by atoms with van der Waals surface area (Å²) in [5, 5.41) is 12.4. The third kappa shape index (κ3) is 6.33. The highest BCUT2D eigenvalue weighted by Crippen LogP contribution is 2.23. The van der Waals surface area contributed by atoms with Crippen LogP contribution in [0.5, 0.6) is 0 Å². The number of nitrogens with zero attached hydrogens (tertiary/aromatic N) is 2. The van der Waals surface area contributed by atoms with Crippen molar-refractivity contribution < 1.29 is 9.90 Å². The molecule has 5 nitrogen and oxygen atoms in total. The van der Waals surface area contributed by atoms with Crippen molar-refractivity contribution in [2.24, 2.45) is 0 Å². The van der Waals surface area contributed by atoms with Crippen LogP contribution in [0.4, 0.5) is 4.79 Å². The highest BCUT2D eigenvalue weighted by Gasteiger charge is 2.19. The van der Waals surface area contributed by atoms with E-state index in [9.17, 15) is 9.90 Å². The number of hydrogen-bond donors (Lipinski definition) is 2. The summed E-state index contributed by atoms with van der Waals surface area (Å²) >= 11 is 0. The normalized spacial score (nSPS) is 16.7. The molecule has 25 heavy (non-hydrogen) atoms. The number of aliphatic hydroxyl groups is 1. The molecule has 0 saturated heterocycles. The summed E-state index contributed by atoms with van der Waals surface area (Å²) in [6.45, 7) is 3.44. The molecule has 2 amide bonds. The minimum Gasteiger partial charge on any atom is -0.392 e. The van der Waals surface area contributed by atoms with E-state index in [-0.39, 0.29) is 6.03 Å². The van der Waals surface area contributed by atoms with Gasteiger partial charge in [-0.05, 0) is 37.9 Å². The van der Waals surface area contributed by atoms with Crippen LogP contribution >= 0.6 is 0 Å². The van der Waals surface area contributed by atoms with Crippen LogP contribution in [0.15, 0.2) is 24.3 Å². The topological polar surface area (TPSA) is 55.8 Å². The molecule has 1 aromatic carbocycles. The van der Waals surface area contributed by atoms with Gasteiger partial charge in [0, 0.05) is 32.7 Å². The number of benzene rings is 1. The maximum Gasteiger partial charge on any atom is 0.317 e. The molecule has 1 aromatic rings. The predicted octanol–water partition coefficient (Wildman–Crippen LogP) is 2.97. The predicted molar refractivity (Wildman–Crippen MR) is 101 cm³/mol. The van der Waals surface area contributed by atoms with Crippen molar-refractivity contribution in [1.29, 1.82) is 0 Å². The van der Waals surface area contributed by atoms with E-state index in [1.165, 1.54) is 42.6 Å². The largest absolute Gasteiger partial charge is 0.392 e. The van der Waals surface area contributed by atoms with Crippen molar-refractivity contribution in [3.05, 3.63) is 35.4 Å². The van der Waals surface area contributed by atoms with Gasteiger partial charge in [0.15, 0.2) is 0 Å². The molecule has 1 aliphatic rings. The molecular weight excluding hydrogens is 314 g/mol. The van der Waals surface area contributed by atoms with E-state index in [1.807, 2.05) is 6.07 Å². The van der Waals surface area contributed by atoms with Crippen LogP contribution in [-0.4, -0.2) is 53.7 Å². The molecular formula is C20H33N3O2. The van der Waals surface area contributed by atoms with Gasteiger partial charge in [0.05, 0.1) is 6.10 Å². The lowest BCUT2D eigenvalue weighted by atomic mass is 9.94. The molecule has 0 spiro atoms. The number of likely N-dealkylation sites (N-methyl/N-ethyl adjacent to an activating group) is 1. The van der Waals surface area contributed by atoms with Crippen molar-refractivity contribution in [1.82, 2.24) is 15.1 Å². The Morgan fingerprint density at radius 2 is 1.84 bits per heavy atom. The van der Waals surface area contributed by atoms with Crippen molar-refractivity contribution in [3.63, 3.8) is 0 Å². The van der Waals surface area contributed by atoms with Gasteiger partial charge in [0.1, 0.15) is 0 Å². The van der Waals surface area contributed by atoms with Crippen LogP contribution in [0.3, 0.4) is 0 Å². The maximum atomic E-state index is 12.1. The van der Waals surface area contributed by atoms with Gasteiger partial charge in [-0.2, -0.15) is 0 Å². The van der Waals surface area contributed by atoms with Gasteiger partial charge in [0.2, 0.25) is 0 Å². The van der Waals surface area contributed by atoms with E-state index < -0.39 is 6.10 Å². The fourth-order valence-electron chi connectivity index (χ4n) is 3.59. The van der Waals surface area contributed by atoms with E-state index in [1.54, 1.807) is 14.0 Å². The zero-order chi connectivity index (χ0) is 18.2. The molecule has 140 valence electrons. The van der Waals surface area contributed by atoms with E-state index >= 15 is 0 Å². The number of carbonyl (C=O) groups excluding carboxylic acids is 1. The number of urea groups is 1. The SMILES string of the molecule is CC(O)CN(C)C(=O)NCc1ccccc1CN(C)C1CCCCC1. The molecule has 1 fully saturated rings.